The largest absolute Gasteiger partial charge is 0.297 e. The molecule has 1 aliphatic heterocycles. The molecule has 2 amide bonds. The Hall–Kier alpha value is -2.57. The van der Waals surface area contributed by atoms with Gasteiger partial charge in [-0.1, -0.05) is 19.3 Å². The maximum atomic E-state index is 12.3. The van der Waals surface area contributed by atoms with Gasteiger partial charge in [-0.3, -0.25) is 29.4 Å². The minimum absolute atomic E-state index is 0.000596. The molecule has 7 heteroatoms. The van der Waals surface area contributed by atoms with Crippen LogP contribution in [0.1, 0.15) is 52.8 Å². The first kappa shape index (κ1) is 15.3. The van der Waals surface area contributed by atoms with Crippen LogP contribution in [0.5, 0.6) is 0 Å². The summed E-state index contributed by atoms with van der Waals surface area (Å²) in [5.41, 5.74) is -0.122. The molecule has 0 saturated heterocycles. The second kappa shape index (κ2) is 5.91. The summed E-state index contributed by atoms with van der Waals surface area (Å²) in [6.45, 7) is -0.245. The van der Waals surface area contributed by atoms with E-state index in [1.807, 2.05) is 0 Å². The summed E-state index contributed by atoms with van der Waals surface area (Å²) in [5, 5.41) is 10.8. The average molecular weight is 316 g/mol. The second-order valence-corrected chi connectivity index (χ2v) is 5.98. The molecule has 1 saturated carbocycles. The molecular formula is C16H16N2O5. The van der Waals surface area contributed by atoms with Gasteiger partial charge in [-0.05, 0) is 18.9 Å². The summed E-state index contributed by atoms with van der Waals surface area (Å²) in [6, 6.07) is 3.57. The molecule has 0 aromatic heterocycles. The van der Waals surface area contributed by atoms with E-state index >= 15 is 0 Å². The number of nitro benzene ring substituents is 1. The minimum Gasteiger partial charge on any atom is -0.297 e. The molecule has 1 heterocycles. The standard InChI is InChI=1S/C16H16N2O5/c19-14(10-4-2-1-3-5-10)9-17-15(20)12-7-6-11(18(22)23)8-13(12)16(17)21/h6-8,10H,1-5,9H2. The highest BCUT2D eigenvalue weighted by Gasteiger charge is 2.38. The van der Waals surface area contributed by atoms with E-state index in [2.05, 4.69) is 0 Å². The van der Waals surface area contributed by atoms with Crippen molar-refractivity contribution >= 4 is 23.3 Å². The van der Waals surface area contributed by atoms with Crippen LogP contribution in [0, 0.1) is 16.0 Å². The quantitative estimate of drug-likeness (QED) is 0.482. The van der Waals surface area contributed by atoms with Gasteiger partial charge in [0.05, 0.1) is 22.6 Å². The average Bonchev–Trinajstić information content (AvgIpc) is 2.80. The Bertz CT molecular complexity index is 706. The van der Waals surface area contributed by atoms with Gasteiger partial charge in [0.15, 0.2) is 5.78 Å². The van der Waals surface area contributed by atoms with Crippen molar-refractivity contribution in [3.63, 3.8) is 0 Å². The molecule has 2 aliphatic rings. The Morgan fingerprint density at radius 1 is 1.13 bits per heavy atom. The summed E-state index contributed by atoms with van der Waals surface area (Å²) >= 11 is 0. The Balaban J connectivity index is 1.79. The number of nitro groups is 1. The van der Waals surface area contributed by atoms with Gasteiger partial charge in [-0.15, -0.1) is 0 Å². The fourth-order valence-electron chi connectivity index (χ4n) is 3.25. The Labute approximate surface area is 132 Å². The van der Waals surface area contributed by atoms with Crippen LogP contribution in [0.15, 0.2) is 18.2 Å². The van der Waals surface area contributed by atoms with E-state index in [1.54, 1.807) is 0 Å². The lowest BCUT2D eigenvalue weighted by molar-refractivity contribution is -0.384. The van der Waals surface area contributed by atoms with Crippen molar-refractivity contribution in [1.82, 2.24) is 4.90 Å². The molecule has 0 N–H and O–H groups in total. The third-order valence-electron chi connectivity index (χ3n) is 4.54. The predicted octanol–water partition coefficient (Wildman–Crippen LogP) is 2.34. The van der Waals surface area contributed by atoms with E-state index in [0.717, 1.165) is 43.1 Å². The highest BCUT2D eigenvalue weighted by molar-refractivity contribution is 6.22. The molecule has 0 bridgehead atoms. The van der Waals surface area contributed by atoms with Gasteiger partial charge in [0.2, 0.25) is 0 Å². The molecule has 7 nitrogen and oxygen atoms in total. The molecule has 3 rings (SSSR count). The zero-order valence-corrected chi connectivity index (χ0v) is 12.5. The van der Waals surface area contributed by atoms with Gasteiger partial charge in [0, 0.05) is 18.1 Å². The smallest absolute Gasteiger partial charge is 0.270 e. The number of amides is 2. The van der Waals surface area contributed by atoms with E-state index in [0.29, 0.717) is 0 Å². The van der Waals surface area contributed by atoms with Gasteiger partial charge in [-0.2, -0.15) is 0 Å². The predicted molar refractivity (Wildman–Crippen MR) is 80.0 cm³/mol. The van der Waals surface area contributed by atoms with Crippen LogP contribution >= 0.6 is 0 Å². The van der Waals surface area contributed by atoms with Crippen molar-refractivity contribution in [3.8, 4) is 0 Å². The number of ketones is 1. The van der Waals surface area contributed by atoms with Gasteiger partial charge in [0.25, 0.3) is 17.5 Å². The third-order valence-corrected chi connectivity index (χ3v) is 4.54. The molecule has 23 heavy (non-hydrogen) atoms. The lowest BCUT2D eigenvalue weighted by Crippen LogP contribution is -2.37. The topological polar surface area (TPSA) is 97.6 Å². The van der Waals surface area contributed by atoms with Crippen LogP contribution in [0.25, 0.3) is 0 Å². The molecule has 0 spiro atoms. The zero-order chi connectivity index (χ0) is 16.6. The summed E-state index contributed by atoms with van der Waals surface area (Å²) in [7, 11) is 0. The normalized spacial score (nSPS) is 18.2. The first-order chi connectivity index (χ1) is 11.0. The van der Waals surface area contributed by atoms with Crippen molar-refractivity contribution < 1.29 is 19.3 Å². The highest BCUT2D eigenvalue weighted by Crippen LogP contribution is 2.29. The number of hydrogen-bond donors (Lipinski definition) is 0. The fraction of sp³-hybridized carbons (Fsp3) is 0.438. The number of Topliss-reactive ketones (excluding diaryl/α,β-unsaturated/α-hetero) is 1. The number of carbonyl (C=O) groups is 3. The SMILES string of the molecule is O=C(CN1C(=O)c2ccc([N+](=O)[O-])cc2C1=O)C1CCCCC1. The van der Waals surface area contributed by atoms with Crippen molar-refractivity contribution in [2.24, 2.45) is 5.92 Å². The van der Waals surface area contributed by atoms with Crippen molar-refractivity contribution in [1.29, 1.82) is 0 Å². The molecule has 0 radical (unpaired) electrons. The van der Waals surface area contributed by atoms with Crippen LogP contribution in [-0.2, 0) is 4.79 Å². The van der Waals surface area contributed by atoms with Crippen molar-refractivity contribution in [2.75, 3.05) is 6.54 Å². The van der Waals surface area contributed by atoms with E-state index < -0.39 is 16.7 Å². The maximum absolute atomic E-state index is 12.3. The first-order valence-corrected chi connectivity index (χ1v) is 7.66. The number of imide groups is 1. The number of hydrogen-bond acceptors (Lipinski definition) is 5. The Morgan fingerprint density at radius 2 is 1.78 bits per heavy atom. The van der Waals surface area contributed by atoms with Crippen LogP contribution in [0.3, 0.4) is 0 Å². The number of fused-ring (bicyclic) bond motifs is 1. The number of benzene rings is 1. The lowest BCUT2D eigenvalue weighted by atomic mass is 9.86. The molecule has 0 atom stereocenters. The number of nitrogens with zero attached hydrogens (tertiary/aromatic N) is 2. The second-order valence-electron chi connectivity index (χ2n) is 5.98. The van der Waals surface area contributed by atoms with Gasteiger partial charge in [-0.25, -0.2) is 0 Å². The Kier molecular flexibility index (Phi) is 3.94. The monoisotopic (exact) mass is 316 g/mol. The molecule has 1 aromatic rings. The van der Waals surface area contributed by atoms with Crippen LogP contribution in [0.2, 0.25) is 0 Å². The van der Waals surface area contributed by atoms with Gasteiger partial charge in [0.1, 0.15) is 0 Å². The molecular weight excluding hydrogens is 300 g/mol. The first-order valence-electron chi connectivity index (χ1n) is 7.66. The molecule has 1 aromatic carbocycles. The van der Waals surface area contributed by atoms with Crippen molar-refractivity contribution in [3.05, 3.63) is 39.4 Å². The molecule has 120 valence electrons. The highest BCUT2D eigenvalue weighted by atomic mass is 16.6. The number of carbonyl (C=O) groups excluding carboxylic acids is 3. The van der Waals surface area contributed by atoms with E-state index in [9.17, 15) is 24.5 Å². The Morgan fingerprint density at radius 3 is 2.43 bits per heavy atom. The van der Waals surface area contributed by atoms with E-state index in [4.69, 9.17) is 0 Å². The van der Waals surface area contributed by atoms with Gasteiger partial charge < -0.3 is 0 Å². The summed E-state index contributed by atoms with van der Waals surface area (Å²) in [4.78, 5) is 48.0. The van der Waals surface area contributed by atoms with Gasteiger partial charge >= 0.3 is 0 Å². The van der Waals surface area contributed by atoms with Crippen LogP contribution < -0.4 is 0 Å². The minimum atomic E-state index is -0.627. The van der Waals surface area contributed by atoms with Crippen molar-refractivity contribution in [2.45, 2.75) is 32.1 Å². The summed E-state index contributed by atoms with van der Waals surface area (Å²) < 4.78 is 0. The number of rotatable bonds is 4. The van der Waals surface area contributed by atoms with Crippen LogP contribution in [-0.4, -0.2) is 34.0 Å². The summed E-state index contributed by atoms with van der Waals surface area (Å²) in [5.74, 6) is -1.38. The lowest BCUT2D eigenvalue weighted by Gasteiger charge is -2.22. The van der Waals surface area contributed by atoms with Crippen LogP contribution in [0.4, 0.5) is 5.69 Å². The molecule has 0 unspecified atom stereocenters. The number of non-ortho nitro benzene ring substituents is 1. The van der Waals surface area contributed by atoms with E-state index in [-0.39, 0.29) is 35.1 Å². The zero-order valence-electron chi connectivity index (χ0n) is 12.5. The molecule has 1 fully saturated rings. The fourth-order valence-corrected chi connectivity index (χ4v) is 3.25. The summed E-state index contributed by atoms with van der Waals surface area (Å²) in [6.07, 6.45) is 4.69. The van der Waals surface area contributed by atoms with E-state index in [1.165, 1.54) is 12.1 Å². The maximum Gasteiger partial charge on any atom is 0.270 e. The third kappa shape index (κ3) is 2.74. The molecule has 1 aliphatic carbocycles.